The molecular formula is C22H22ClNO3S2. The molecule has 152 valence electrons. The second kappa shape index (κ2) is 8.09. The van der Waals surface area contributed by atoms with Gasteiger partial charge in [0, 0.05) is 15.0 Å². The molecule has 0 saturated carbocycles. The van der Waals surface area contributed by atoms with E-state index < -0.39 is 0 Å². The third kappa shape index (κ3) is 3.93. The molecular weight excluding hydrogens is 426 g/mol. The van der Waals surface area contributed by atoms with Crippen molar-refractivity contribution in [3.05, 3.63) is 50.2 Å². The highest BCUT2D eigenvalue weighted by Crippen LogP contribution is 2.41. The minimum absolute atomic E-state index is 0.221. The highest BCUT2D eigenvalue weighted by molar-refractivity contribution is 7.22. The van der Waals surface area contributed by atoms with Gasteiger partial charge in [0.1, 0.15) is 9.88 Å². The fourth-order valence-corrected chi connectivity index (χ4v) is 6.45. The summed E-state index contributed by atoms with van der Waals surface area (Å²) in [4.78, 5) is 27.5. The van der Waals surface area contributed by atoms with E-state index >= 15 is 0 Å². The number of nitrogens with one attached hydrogen (secondary N) is 1. The highest BCUT2D eigenvalue weighted by atomic mass is 35.5. The van der Waals surface area contributed by atoms with Gasteiger partial charge in [-0.1, -0.05) is 36.7 Å². The number of halogens is 1. The monoisotopic (exact) mass is 447 g/mol. The Kier molecular flexibility index (Phi) is 5.69. The van der Waals surface area contributed by atoms with Crippen molar-refractivity contribution in [3.8, 4) is 0 Å². The molecule has 1 aliphatic carbocycles. The lowest BCUT2D eigenvalue weighted by Crippen LogP contribution is -2.18. The van der Waals surface area contributed by atoms with Crippen molar-refractivity contribution in [3.63, 3.8) is 0 Å². The van der Waals surface area contributed by atoms with Gasteiger partial charge in [0.25, 0.3) is 5.91 Å². The maximum atomic E-state index is 13.0. The zero-order chi connectivity index (χ0) is 20.7. The van der Waals surface area contributed by atoms with Gasteiger partial charge in [0.05, 0.1) is 16.7 Å². The Bertz CT molecular complexity index is 1100. The van der Waals surface area contributed by atoms with Gasteiger partial charge in [0.15, 0.2) is 0 Å². The molecule has 1 aliphatic rings. The molecule has 0 radical (unpaired) electrons. The van der Waals surface area contributed by atoms with Gasteiger partial charge in [0.2, 0.25) is 0 Å². The van der Waals surface area contributed by atoms with Crippen LogP contribution in [-0.2, 0) is 17.6 Å². The van der Waals surface area contributed by atoms with Crippen LogP contribution >= 0.6 is 34.3 Å². The maximum Gasteiger partial charge on any atom is 0.341 e. The van der Waals surface area contributed by atoms with Crippen LogP contribution in [-0.4, -0.2) is 18.0 Å². The molecule has 4 rings (SSSR count). The fraction of sp³-hybridized carbons (Fsp3) is 0.364. The lowest BCUT2D eigenvalue weighted by Gasteiger charge is -2.18. The smallest absolute Gasteiger partial charge is 0.341 e. The Hall–Kier alpha value is -1.89. The zero-order valence-corrected chi connectivity index (χ0v) is 18.9. The van der Waals surface area contributed by atoms with E-state index in [1.54, 1.807) is 0 Å². The lowest BCUT2D eigenvalue weighted by molar-refractivity contribution is 0.0378. The van der Waals surface area contributed by atoms with E-state index in [4.69, 9.17) is 16.3 Å². The van der Waals surface area contributed by atoms with Crippen molar-refractivity contribution in [2.24, 2.45) is 5.92 Å². The standard InChI is InChI=1S/C22H22ClNO3S2/c1-11(2)27-22(26)17-13-9-8-12(3)10-16(13)29-21(17)24-20(25)19-18(23)14-6-4-5-7-15(14)28-19/h4-7,11-12H,8-10H2,1-3H3,(H,24,25)/t12-/m1/s1. The van der Waals surface area contributed by atoms with Crippen molar-refractivity contribution in [1.29, 1.82) is 0 Å². The molecule has 2 aromatic heterocycles. The normalized spacial score (nSPS) is 16.1. The van der Waals surface area contributed by atoms with Crippen molar-refractivity contribution in [2.75, 3.05) is 5.32 Å². The topological polar surface area (TPSA) is 55.4 Å². The van der Waals surface area contributed by atoms with Crippen molar-refractivity contribution >= 4 is 61.2 Å². The van der Waals surface area contributed by atoms with Gasteiger partial charge in [-0.2, -0.15) is 0 Å². The summed E-state index contributed by atoms with van der Waals surface area (Å²) in [5.41, 5.74) is 1.53. The van der Waals surface area contributed by atoms with Crippen molar-refractivity contribution in [2.45, 2.75) is 46.1 Å². The molecule has 1 amide bonds. The Morgan fingerprint density at radius 2 is 2.00 bits per heavy atom. The summed E-state index contributed by atoms with van der Waals surface area (Å²) in [5, 5.41) is 4.84. The van der Waals surface area contributed by atoms with E-state index in [-0.39, 0.29) is 18.0 Å². The first-order chi connectivity index (χ1) is 13.8. The van der Waals surface area contributed by atoms with E-state index in [2.05, 4.69) is 12.2 Å². The molecule has 0 spiro atoms. The summed E-state index contributed by atoms with van der Waals surface area (Å²) >= 11 is 9.31. The van der Waals surface area contributed by atoms with E-state index in [0.29, 0.717) is 26.4 Å². The number of carbonyl (C=O) groups excluding carboxylic acids is 2. The van der Waals surface area contributed by atoms with Crippen LogP contribution in [0.3, 0.4) is 0 Å². The lowest BCUT2D eigenvalue weighted by atomic mass is 9.88. The number of anilines is 1. The van der Waals surface area contributed by atoms with E-state index in [9.17, 15) is 9.59 Å². The van der Waals surface area contributed by atoms with Crippen LogP contribution in [0.4, 0.5) is 5.00 Å². The average Bonchev–Trinajstić information content (AvgIpc) is 3.18. The molecule has 29 heavy (non-hydrogen) atoms. The van der Waals surface area contributed by atoms with Gasteiger partial charge < -0.3 is 10.1 Å². The fourth-order valence-electron chi connectivity index (χ4n) is 3.65. The van der Waals surface area contributed by atoms with Crippen LogP contribution in [0.2, 0.25) is 5.02 Å². The number of hydrogen-bond acceptors (Lipinski definition) is 5. The molecule has 2 heterocycles. The first-order valence-electron chi connectivity index (χ1n) is 9.69. The van der Waals surface area contributed by atoms with Gasteiger partial charge in [-0.25, -0.2) is 4.79 Å². The van der Waals surface area contributed by atoms with Crippen LogP contribution in [0.5, 0.6) is 0 Å². The van der Waals surface area contributed by atoms with Crippen molar-refractivity contribution in [1.82, 2.24) is 0 Å². The Balaban J connectivity index is 1.71. The quantitative estimate of drug-likeness (QED) is 0.461. The minimum atomic E-state index is -0.371. The minimum Gasteiger partial charge on any atom is -0.459 e. The van der Waals surface area contributed by atoms with Gasteiger partial charge in [-0.3, -0.25) is 4.79 Å². The Labute approximate surface area is 182 Å². The number of amides is 1. The number of carbonyl (C=O) groups is 2. The van der Waals surface area contributed by atoms with Crippen LogP contribution < -0.4 is 5.32 Å². The second-order valence-electron chi connectivity index (χ2n) is 7.71. The number of ether oxygens (including phenoxy) is 1. The number of hydrogen-bond donors (Lipinski definition) is 1. The SMILES string of the molecule is CC(C)OC(=O)c1c(NC(=O)c2sc3ccccc3c2Cl)sc2c1CC[C@@H](C)C2. The molecule has 3 aromatic rings. The summed E-state index contributed by atoms with van der Waals surface area (Å²) in [6.07, 6.45) is 2.55. The second-order valence-corrected chi connectivity index (χ2v) is 10.2. The van der Waals surface area contributed by atoms with Crippen LogP contribution in [0.1, 0.15) is 57.7 Å². The number of fused-ring (bicyclic) bond motifs is 2. The largest absolute Gasteiger partial charge is 0.459 e. The Morgan fingerprint density at radius 1 is 1.24 bits per heavy atom. The predicted octanol–water partition coefficient (Wildman–Crippen LogP) is 6.56. The maximum absolute atomic E-state index is 13.0. The first kappa shape index (κ1) is 20.4. The number of rotatable bonds is 4. The molecule has 0 unspecified atom stereocenters. The third-order valence-electron chi connectivity index (χ3n) is 5.03. The zero-order valence-electron chi connectivity index (χ0n) is 16.5. The summed E-state index contributed by atoms with van der Waals surface area (Å²) in [7, 11) is 0. The van der Waals surface area contributed by atoms with Gasteiger partial charge in [-0.05, 0) is 50.7 Å². The molecule has 7 heteroatoms. The van der Waals surface area contributed by atoms with Crippen LogP contribution in [0.25, 0.3) is 10.1 Å². The highest BCUT2D eigenvalue weighted by Gasteiger charge is 2.30. The van der Waals surface area contributed by atoms with E-state index in [1.807, 2.05) is 38.1 Å². The number of esters is 1. The third-order valence-corrected chi connectivity index (χ3v) is 7.87. The molecule has 0 fully saturated rings. The molecule has 1 N–H and O–H groups in total. The summed E-state index contributed by atoms with van der Waals surface area (Å²) in [6.45, 7) is 5.87. The summed E-state index contributed by atoms with van der Waals surface area (Å²) < 4.78 is 6.44. The molecule has 1 aromatic carbocycles. The van der Waals surface area contributed by atoms with Crippen LogP contribution in [0, 0.1) is 5.92 Å². The van der Waals surface area contributed by atoms with Gasteiger partial charge >= 0.3 is 5.97 Å². The predicted molar refractivity (Wildman–Crippen MR) is 121 cm³/mol. The van der Waals surface area contributed by atoms with Gasteiger partial charge in [-0.15, -0.1) is 22.7 Å². The summed E-state index contributed by atoms with van der Waals surface area (Å²) in [6, 6.07) is 7.67. The van der Waals surface area contributed by atoms with E-state index in [0.717, 1.165) is 39.8 Å². The molecule has 0 bridgehead atoms. The number of thiophene rings is 2. The molecule has 4 nitrogen and oxygen atoms in total. The summed E-state index contributed by atoms with van der Waals surface area (Å²) in [5.74, 6) is -0.0954. The van der Waals surface area contributed by atoms with Crippen LogP contribution in [0.15, 0.2) is 24.3 Å². The first-order valence-corrected chi connectivity index (χ1v) is 11.7. The molecule has 0 aliphatic heterocycles. The van der Waals surface area contributed by atoms with Crippen molar-refractivity contribution < 1.29 is 14.3 Å². The van der Waals surface area contributed by atoms with E-state index in [1.165, 1.54) is 22.7 Å². The number of benzene rings is 1. The Morgan fingerprint density at radius 3 is 2.72 bits per heavy atom. The molecule has 0 saturated heterocycles. The average molecular weight is 448 g/mol. The molecule has 1 atom stereocenters.